The molecule has 0 radical (unpaired) electrons. The van der Waals surface area contributed by atoms with Crippen molar-refractivity contribution in [2.45, 2.75) is 39.3 Å². The van der Waals surface area contributed by atoms with E-state index < -0.39 is 0 Å². The molecule has 0 aliphatic heterocycles. The van der Waals surface area contributed by atoms with Gasteiger partial charge in [0.1, 0.15) is 0 Å². The van der Waals surface area contributed by atoms with Crippen molar-refractivity contribution < 1.29 is 9.13 Å². The zero-order valence-electron chi connectivity index (χ0n) is 13.2. The summed E-state index contributed by atoms with van der Waals surface area (Å²) in [5.41, 5.74) is 5.49. The second-order valence-electron chi connectivity index (χ2n) is 5.86. The first-order valence-electron chi connectivity index (χ1n) is 7.61. The molecule has 1 atom stereocenters. The van der Waals surface area contributed by atoms with Gasteiger partial charge in [-0.2, -0.15) is 0 Å². The SMILES string of the molecule is COc1cc2c(cc1F)C(NCc1ccc(C)c(C)n1)CC2. The van der Waals surface area contributed by atoms with Gasteiger partial charge >= 0.3 is 0 Å². The zero-order chi connectivity index (χ0) is 15.7. The molecule has 3 rings (SSSR count). The fourth-order valence-corrected chi connectivity index (χ4v) is 2.98. The number of rotatable bonds is 4. The number of methoxy groups -OCH3 is 1. The summed E-state index contributed by atoms with van der Waals surface area (Å²) in [4.78, 5) is 4.58. The second-order valence-corrected chi connectivity index (χ2v) is 5.86. The highest BCUT2D eigenvalue weighted by atomic mass is 19.1. The molecular weight excluding hydrogens is 279 g/mol. The highest BCUT2D eigenvalue weighted by molar-refractivity contribution is 5.41. The van der Waals surface area contributed by atoms with Gasteiger partial charge in [0.05, 0.1) is 12.8 Å². The van der Waals surface area contributed by atoms with Gasteiger partial charge in [-0.25, -0.2) is 4.39 Å². The Bertz CT molecular complexity index is 700. The van der Waals surface area contributed by atoms with E-state index in [4.69, 9.17) is 4.74 Å². The van der Waals surface area contributed by atoms with Crippen molar-refractivity contribution in [1.82, 2.24) is 10.3 Å². The van der Waals surface area contributed by atoms with Crippen LogP contribution in [0, 0.1) is 19.7 Å². The summed E-state index contributed by atoms with van der Waals surface area (Å²) in [6.07, 6.45) is 1.93. The fourth-order valence-electron chi connectivity index (χ4n) is 2.98. The Labute approximate surface area is 130 Å². The Hall–Kier alpha value is -1.94. The highest BCUT2D eigenvalue weighted by Gasteiger charge is 2.24. The molecule has 116 valence electrons. The van der Waals surface area contributed by atoms with Gasteiger partial charge in [0.2, 0.25) is 0 Å². The molecule has 1 N–H and O–H groups in total. The molecular formula is C18H21FN2O. The zero-order valence-corrected chi connectivity index (χ0v) is 13.2. The van der Waals surface area contributed by atoms with E-state index in [1.165, 1.54) is 18.2 Å². The van der Waals surface area contributed by atoms with Crippen LogP contribution in [0.1, 0.15) is 40.5 Å². The van der Waals surface area contributed by atoms with E-state index in [0.717, 1.165) is 29.8 Å². The highest BCUT2D eigenvalue weighted by Crippen LogP contribution is 2.35. The number of fused-ring (bicyclic) bond motifs is 1. The first-order valence-corrected chi connectivity index (χ1v) is 7.61. The summed E-state index contributed by atoms with van der Waals surface area (Å²) >= 11 is 0. The summed E-state index contributed by atoms with van der Waals surface area (Å²) in [6, 6.07) is 7.73. The molecule has 1 aromatic carbocycles. The third-order valence-electron chi connectivity index (χ3n) is 4.43. The lowest BCUT2D eigenvalue weighted by atomic mass is 10.1. The molecule has 0 fully saturated rings. The number of aryl methyl sites for hydroxylation is 3. The quantitative estimate of drug-likeness (QED) is 0.936. The third-order valence-corrected chi connectivity index (χ3v) is 4.43. The predicted molar refractivity (Wildman–Crippen MR) is 84.6 cm³/mol. The van der Waals surface area contributed by atoms with Crippen LogP contribution < -0.4 is 10.1 Å². The third kappa shape index (κ3) is 2.83. The Balaban J connectivity index is 1.73. The molecule has 1 aliphatic carbocycles. The van der Waals surface area contributed by atoms with Crippen LogP contribution in [0.5, 0.6) is 5.75 Å². The number of benzene rings is 1. The Morgan fingerprint density at radius 3 is 2.86 bits per heavy atom. The molecule has 0 amide bonds. The molecule has 0 bridgehead atoms. The minimum absolute atomic E-state index is 0.179. The number of ether oxygens (including phenoxy) is 1. The molecule has 0 saturated carbocycles. The average molecular weight is 300 g/mol. The summed E-state index contributed by atoms with van der Waals surface area (Å²) in [5.74, 6) is 0.0366. The van der Waals surface area contributed by atoms with Crippen LogP contribution in [0.25, 0.3) is 0 Å². The molecule has 22 heavy (non-hydrogen) atoms. The van der Waals surface area contributed by atoms with Crippen molar-refractivity contribution in [1.29, 1.82) is 0 Å². The summed E-state index contributed by atoms with van der Waals surface area (Å²) in [6.45, 7) is 4.77. The van der Waals surface area contributed by atoms with Crippen LogP contribution in [0.2, 0.25) is 0 Å². The molecule has 0 saturated heterocycles. The van der Waals surface area contributed by atoms with Gasteiger partial charge in [0.25, 0.3) is 0 Å². The molecule has 4 heteroatoms. The first-order chi connectivity index (χ1) is 10.6. The number of pyridine rings is 1. The van der Waals surface area contributed by atoms with E-state index in [2.05, 4.69) is 23.3 Å². The van der Waals surface area contributed by atoms with Crippen LogP contribution in [-0.2, 0) is 13.0 Å². The van der Waals surface area contributed by atoms with Crippen molar-refractivity contribution in [3.63, 3.8) is 0 Å². The van der Waals surface area contributed by atoms with Crippen molar-refractivity contribution in [3.8, 4) is 5.75 Å². The van der Waals surface area contributed by atoms with E-state index in [1.54, 1.807) is 6.07 Å². The lowest BCUT2D eigenvalue weighted by molar-refractivity contribution is 0.385. The van der Waals surface area contributed by atoms with E-state index in [9.17, 15) is 4.39 Å². The largest absolute Gasteiger partial charge is 0.494 e. The molecule has 0 spiro atoms. The maximum atomic E-state index is 13.9. The average Bonchev–Trinajstić information content (AvgIpc) is 2.89. The van der Waals surface area contributed by atoms with Crippen LogP contribution >= 0.6 is 0 Å². The molecule has 1 heterocycles. The van der Waals surface area contributed by atoms with Crippen LogP contribution in [0.4, 0.5) is 4.39 Å². The minimum Gasteiger partial charge on any atom is -0.494 e. The van der Waals surface area contributed by atoms with E-state index in [1.807, 2.05) is 19.1 Å². The van der Waals surface area contributed by atoms with Gasteiger partial charge in [-0.3, -0.25) is 4.98 Å². The fraction of sp³-hybridized carbons (Fsp3) is 0.389. The summed E-state index contributed by atoms with van der Waals surface area (Å²) in [7, 11) is 1.50. The van der Waals surface area contributed by atoms with Crippen LogP contribution in [-0.4, -0.2) is 12.1 Å². The number of nitrogens with one attached hydrogen (secondary N) is 1. The number of hydrogen-bond acceptors (Lipinski definition) is 3. The Kier molecular flexibility index (Phi) is 4.12. The molecule has 1 aromatic heterocycles. The topological polar surface area (TPSA) is 34.1 Å². The Morgan fingerprint density at radius 2 is 2.14 bits per heavy atom. The maximum Gasteiger partial charge on any atom is 0.165 e. The van der Waals surface area contributed by atoms with E-state index in [0.29, 0.717) is 12.3 Å². The van der Waals surface area contributed by atoms with Gasteiger partial charge < -0.3 is 10.1 Å². The molecule has 1 unspecified atom stereocenters. The van der Waals surface area contributed by atoms with Crippen molar-refractivity contribution in [3.05, 3.63) is 58.2 Å². The lowest BCUT2D eigenvalue weighted by Gasteiger charge is -2.15. The smallest absolute Gasteiger partial charge is 0.165 e. The monoisotopic (exact) mass is 300 g/mol. The number of halogens is 1. The molecule has 3 nitrogen and oxygen atoms in total. The van der Waals surface area contributed by atoms with Gasteiger partial charge in [-0.15, -0.1) is 0 Å². The van der Waals surface area contributed by atoms with Crippen LogP contribution in [0.3, 0.4) is 0 Å². The summed E-state index contributed by atoms with van der Waals surface area (Å²) in [5, 5.41) is 3.50. The lowest BCUT2D eigenvalue weighted by Crippen LogP contribution is -2.19. The van der Waals surface area contributed by atoms with Crippen molar-refractivity contribution in [2.75, 3.05) is 7.11 Å². The van der Waals surface area contributed by atoms with Gasteiger partial charge in [0, 0.05) is 18.3 Å². The van der Waals surface area contributed by atoms with Crippen LogP contribution in [0.15, 0.2) is 24.3 Å². The van der Waals surface area contributed by atoms with Gasteiger partial charge in [-0.1, -0.05) is 6.07 Å². The maximum absolute atomic E-state index is 13.9. The molecule has 2 aromatic rings. The standard InChI is InChI=1S/C18H21FN2O/c1-11-4-6-14(21-12(11)2)10-20-17-7-5-13-8-18(22-3)16(19)9-15(13)17/h4,6,8-9,17,20H,5,7,10H2,1-3H3. The normalized spacial score (nSPS) is 16.6. The van der Waals surface area contributed by atoms with Gasteiger partial charge in [-0.05, 0) is 61.6 Å². The minimum atomic E-state index is -0.292. The van der Waals surface area contributed by atoms with Gasteiger partial charge in [0.15, 0.2) is 11.6 Å². The first kappa shape index (κ1) is 15.0. The van der Waals surface area contributed by atoms with E-state index >= 15 is 0 Å². The number of aromatic nitrogens is 1. The van der Waals surface area contributed by atoms with Crippen molar-refractivity contribution in [2.24, 2.45) is 0 Å². The predicted octanol–water partition coefficient (Wildman–Crippen LogP) is 3.62. The van der Waals surface area contributed by atoms with E-state index in [-0.39, 0.29) is 11.9 Å². The second kappa shape index (κ2) is 6.05. The van der Waals surface area contributed by atoms with Crippen molar-refractivity contribution >= 4 is 0 Å². The molecule has 1 aliphatic rings. The number of nitrogens with zero attached hydrogens (tertiary/aromatic N) is 1. The Morgan fingerprint density at radius 1 is 1.32 bits per heavy atom. The number of hydrogen-bond donors (Lipinski definition) is 1. The summed E-state index contributed by atoms with van der Waals surface area (Å²) < 4.78 is 19.0.